The molecule has 1 fully saturated rings. The number of likely N-dealkylation sites (tertiary alicyclic amines) is 1. The molecule has 1 aliphatic heterocycles. The highest BCUT2D eigenvalue weighted by Crippen LogP contribution is 2.23. The molecule has 1 aliphatic rings. The first-order valence-corrected chi connectivity index (χ1v) is 11.3. The molecule has 0 aromatic heterocycles. The molecule has 1 saturated heterocycles. The monoisotopic (exact) mass is 431 g/mol. The normalized spacial score (nSPS) is 14.8. The zero-order valence-electron chi connectivity index (χ0n) is 19.3. The Morgan fingerprint density at radius 2 is 1.65 bits per heavy atom. The van der Waals surface area contributed by atoms with Crippen molar-refractivity contribution >= 4 is 17.7 Å². The van der Waals surface area contributed by atoms with Crippen molar-refractivity contribution in [3.8, 4) is 5.75 Å². The van der Waals surface area contributed by atoms with Crippen molar-refractivity contribution < 1.29 is 19.1 Å². The first-order chi connectivity index (χ1) is 14.7. The van der Waals surface area contributed by atoms with E-state index >= 15 is 0 Å². The Morgan fingerprint density at radius 1 is 1.00 bits per heavy atom. The number of hydrogen-bond acceptors (Lipinski definition) is 4. The van der Waals surface area contributed by atoms with Crippen molar-refractivity contribution in [1.82, 2.24) is 15.8 Å². The van der Waals surface area contributed by atoms with Crippen molar-refractivity contribution in [2.75, 3.05) is 19.7 Å². The SMILES string of the molecule is CCCCCCOc1ccc(C(=O)NNC(=O)C2CCN(C(=O)C(C)(C)C)CC2)cc1. The van der Waals surface area contributed by atoms with E-state index in [0.717, 1.165) is 18.6 Å². The van der Waals surface area contributed by atoms with E-state index in [2.05, 4.69) is 17.8 Å². The van der Waals surface area contributed by atoms with Crippen LogP contribution in [0.2, 0.25) is 0 Å². The van der Waals surface area contributed by atoms with Gasteiger partial charge in [-0.15, -0.1) is 0 Å². The van der Waals surface area contributed by atoms with Gasteiger partial charge >= 0.3 is 0 Å². The fourth-order valence-corrected chi connectivity index (χ4v) is 3.53. The van der Waals surface area contributed by atoms with Gasteiger partial charge in [-0.25, -0.2) is 0 Å². The number of carbonyl (C=O) groups excluding carboxylic acids is 3. The second kappa shape index (κ2) is 11.7. The molecule has 1 heterocycles. The lowest BCUT2D eigenvalue weighted by Gasteiger charge is -2.35. The van der Waals surface area contributed by atoms with Crippen LogP contribution in [0.25, 0.3) is 0 Å². The van der Waals surface area contributed by atoms with Gasteiger partial charge < -0.3 is 9.64 Å². The molecule has 2 rings (SSSR count). The summed E-state index contributed by atoms with van der Waals surface area (Å²) in [6, 6.07) is 6.88. The average molecular weight is 432 g/mol. The van der Waals surface area contributed by atoms with Crippen LogP contribution >= 0.6 is 0 Å². The molecule has 1 aromatic carbocycles. The standard InChI is InChI=1S/C24H37N3O4/c1-5-6-7-8-17-31-20-11-9-18(10-12-20)21(28)25-26-22(29)19-13-15-27(16-14-19)23(30)24(2,3)4/h9-12,19H,5-8,13-17H2,1-4H3,(H,25,28)(H,26,29). The quantitative estimate of drug-likeness (QED) is 0.485. The Morgan fingerprint density at radius 3 is 2.23 bits per heavy atom. The van der Waals surface area contributed by atoms with E-state index in [1.807, 2.05) is 25.7 Å². The summed E-state index contributed by atoms with van der Waals surface area (Å²) in [6.45, 7) is 9.65. The van der Waals surface area contributed by atoms with Crippen molar-refractivity contribution in [2.45, 2.75) is 66.2 Å². The number of nitrogens with zero attached hydrogens (tertiary/aromatic N) is 1. The van der Waals surface area contributed by atoms with Gasteiger partial charge in [-0.2, -0.15) is 0 Å². The summed E-state index contributed by atoms with van der Waals surface area (Å²) >= 11 is 0. The highest BCUT2D eigenvalue weighted by atomic mass is 16.5. The van der Waals surface area contributed by atoms with E-state index in [1.165, 1.54) is 12.8 Å². The maximum Gasteiger partial charge on any atom is 0.269 e. The van der Waals surface area contributed by atoms with Gasteiger partial charge in [0.15, 0.2) is 0 Å². The third-order valence-electron chi connectivity index (χ3n) is 5.48. The summed E-state index contributed by atoms with van der Waals surface area (Å²) in [5.74, 6) is 0.0286. The lowest BCUT2D eigenvalue weighted by atomic mass is 9.91. The summed E-state index contributed by atoms with van der Waals surface area (Å²) in [4.78, 5) is 38.9. The number of ether oxygens (including phenoxy) is 1. The van der Waals surface area contributed by atoms with Gasteiger partial charge in [0.1, 0.15) is 5.75 Å². The third kappa shape index (κ3) is 7.89. The van der Waals surface area contributed by atoms with Crippen LogP contribution < -0.4 is 15.6 Å². The first-order valence-electron chi connectivity index (χ1n) is 11.3. The second-order valence-corrected chi connectivity index (χ2v) is 9.19. The molecule has 0 unspecified atom stereocenters. The molecule has 7 nitrogen and oxygen atoms in total. The smallest absolute Gasteiger partial charge is 0.269 e. The summed E-state index contributed by atoms with van der Waals surface area (Å²) in [5, 5.41) is 0. The van der Waals surface area contributed by atoms with Gasteiger partial charge in [0.05, 0.1) is 6.61 Å². The molecule has 0 saturated carbocycles. The fraction of sp³-hybridized carbons (Fsp3) is 0.625. The van der Waals surface area contributed by atoms with Crippen molar-refractivity contribution in [1.29, 1.82) is 0 Å². The van der Waals surface area contributed by atoms with Gasteiger partial charge in [-0.3, -0.25) is 25.2 Å². The number of unbranched alkanes of at least 4 members (excludes halogenated alkanes) is 3. The van der Waals surface area contributed by atoms with Crippen LogP contribution in [0.1, 0.15) is 76.6 Å². The minimum atomic E-state index is -0.418. The maximum atomic E-state index is 12.4. The van der Waals surface area contributed by atoms with Crippen LogP contribution in [-0.4, -0.2) is 42.3 Å². The zero-order chi connectivity index (χ0) is 22.9. The van der Waals surface area contributed by atoms with Gasteiger partial charge in [0.2, 0.25) is 11.8 Å². The van der Waals surface area contributed by atoms with Crippen molar-refractivity contribution in [3.63, 3.8) is 0 Å². The van der Waals surface area contributed by atoms with Crippen LogP contribution in [0.5, 0.6) is 5.75 Å². The van der Waals surface area contributed by atoms with Crippen LogP contribution in [0.15, 0.2) is 24.3 Å². The van der Waals surface area contributed by atoms with E-state index in [0.29, 0.717) is 38.1 Å². The summed E-state index contributed by atoms with van der Waals surface area (Å²) in [5.41, 5.74) is 5.03. The van der Waals surface area contributed by atoms with Gasteiger partial charge in [-0.1, -0.05) is 47.0 Å². The van der Waals surface area contributed by atoms with Gasteiger partial charge in [-0.05, 0) is 43.5 Å². The predicted molar refractivity (Wildman–Crippen MR) is 120 cm³/mol. The van der Waals surface area contributed by atoms with Crippen LogP contribution in [0.3, 0.4) is 0 Å². The number of piperidine rings is 1. The lowest BCUT2D eigenvalue weighted by molar-refractivity contribution is -0.142. The van der Waals surface area contributed by atoms with E-state index in [1.54, 1.807) is 24.3 Å². The molecule has 0 radical (unpaired) electrons. The summed E-state index contributed by atoms with van der Waals surface area (Å²) in [7, 11) is 0. The lowest BCUT2D eigenvalue weighted by Crippen LogP contribution is -2.49. The molecule has 0 bridgehead atoms. The van der Waals surface area contributed by atoms with E-state index in [4.69, 9.17) is 4.74 Å². The van der Waals surface area contributed by atoms with E-state index in [-0.39, 0.29) is 23.6 Å². The van der Waals surface area contributed by atoms with E-state index in [9.17, 15) is 14.4 Å². The van der Waals surface area contributed by atoms with Crippen molar-refractivity contribution in [3.05, 3.63) is 29.8 Å². The Bertz CT molecular complexity index is 732. The van der Waals surface area contributed by atoms with Crippen molar-refractivity contribution in [2.24, 2.45) is 11.3 Å². The predicted octanol–water partition coefficient (Wildman–Crippen LogP) is 3.69. The number of nitrogens with one attached hydrogen (secondary N) is 2. The Labute approximate surface area is 185 Å². The number of benzene rings is 1. The Balaban J connectivity index is 1.72. The highest BCUT2D eigenvalue weighted by Gasteiger charge is 2.32. The average Bonchev–Trinajstić information content (AvgIpc) is 2.76. The van der Waals surface area contributed by atoms with Gasteiger partial charge in [0, 0.05) is 30.0 Å². The highest BCUT2D eigenvalue weighted by molar-refractivity contribution is 5.95. The number of hydrazine groups is 1. The minimum absolute atomic E-state index is 0.105. The van der Waals surface area contributed by atoms with Gasteiger partial charge in [0.25, 0.3) is 5.91 Å². The second-order valence-electron chi connectivity index (χ2n) is 9.19. The first kappa shape index (κ1) is 24.7. The Hall–Kier alpha value is -2.57. The largest absolute Gasteiger partial charge is 0.494 e. The molecule has 3 amide bonds. The summed E-state index contributed by atoms with van der Waals surface area (Å²) < 4.78 is 5.68. The van der Waals surface area contributed by atoms with Crippen LogP contribution in [0.4, 0.5) is 0 Å². The maximum absolute atomic E-state index is 12.4. The number of amides is 3. The molecule has 0 atom stereocenters. The molecule has 31 heavy (non-hydrogen) atoms. The molecule has 1 aromatic rings. The molecule has 172 valence electrons. The third-order valence-corrected chi connectivity index (χ3v) is 5.48. The number of rotatable bonds is 8. The fourth-order valence-electron chi connectivity index (χ4n) is 3.53. The molecule has 0 spiro atoms. The molecular formula is C24H37N3O4. The molecule has 7 heteroatoms. The minimum Gasteiger partial charge on any atom is -0.494 e. The molecular weight excluding hydrogens is 394 g/mol. The number of hydrogen-bond donors (Lipinski definition) is 2. The number of carbonyl (C=O) groups is 3. The summed E-state index contributed by atoms with van der Waals surface area (Å²) in [6.07, 6.45) is 5.76. The zero-order valence-corrected chi connectivity index (χ0v) is 19.3. The molecule has 2 N–H and O–H groups in total. The topological polar surface area (TPSA) is 87.7 Å². The van der Waals surface area contributed by atoms with Crippen LogP contribution in [0, 0.1) is 11.3 Å². The van der Waals surface area contributed by atoms with Crippen LogP contribution in [-0.2, 0) is 9.59 Å². The molecule has 0 aliphatic carbocycles. The Kier molecular flexibility index (Phi) is 9.34. The van der Waals surface area contributed by atoms with E-state index < -0.39 is 5.41 Å².